The summed E-state index contributed by atoms with van der Waals surface area (Å²) in [6, 6.07) is 11.6. The van der Waals surface area contributed by atoms with Gasteiger partial charge >= 0.3 is 0 Å². The van der Waals surface area contributed by atoms with Crippen molar-refractivity contribution in [1.82, 2.24) is 19.3 Å². The molecule has 28 heavy (non-hydrogen) atoms. The number of likely N-dealkylation sites (tertiary alicyclic amines) is 1. The first kappa shape index (κ1) is 18.7. The number of aromatic nitrogens is 1. The predicted octanol–water partition coefficient (Wildman–Crippen LogP) is 2.25. The lowest BCUT2D eigenvalue weighted by Gasteiger charge is -2.35. The van der Waals surface area contributed by atoms with Crippen molar-refractivity contribution >= 4 is 11.8 Å². The van der Waals surface area contributed by atoms with E-state index < -0.39 is 0 Å². The first-order valence-electron chi connectivity index (χ1n) is 10.2. The van der Waals surface area contributed by atoms with E-state index in [9.17, 15) is 9.59 Å². The quantitative estimate of drug-likeness (QED) is 0.799. The molecule has 6 nitrogen and oxygen atoms in total. The van der Waals surface area contributed by atoms with Gasteiger partial charge in [-0.25, -0.2) is 0 Å². The molecule has 1 aromatic carbocycles. The molecule has 2 saturated heterocycles. The summed E-state index contributed by atoms with van der Waals surface area (Å²) in [7, 11) is 0. The Morgan fingerprint density at radius 3 is 2.04 bits per heavy atom. The van der Waals surface area contributed by atoms with E-state index >= 15 is 0 Å². The lowest BCUT2D eigenvalue weighted by atomic mass is 10.1. The molecule has 3 heterocycles. The molecule has 0 aliphatic carbocycles. The highest BCUT2D eigenvalue weighted by Crippen LogP contribution is 2.14. The minimum absolute atomic E-state index is 0.0446. The van der Waals surface area contributed by atoms with Crippen LogP contribution in [0.25, 0.3) is 5.69 Å². The van der Waals surface area contributed by atoms with E-state index in [1.165, 1.54) is 12.8 Å². The van der Waals surface area contributed by atoms with Gasteiger partial charge in [0.05, 0.1) is 0 Å². The van der Waals surface area contributed by atoms with Crippen LogP contribution < -0.4 is 0 Å². The maximum atomic E-state index is 12.8. The Hall–Kier alpha value is -2.60. The summed E-state index contributed by atoms with van der Waals surface area (Å²) in [5.41, 5.74) is 1.74. The Morgan fingerprint density at radius 2 is 1.39 bits per heavy atom. The Bertz CT molecular complexity index is 786. The van der Waals surface area contributed by atoms with Crippen molar-refractivity contribution in [2.45, 2.75) is 19.3 Å². The van der Waals surface area contributed by atoms with Crippen LogP contribution >= 0.6 is 0 Å². The van der Waals surface area contributed by atoms with Gasteiger partial charge in [0, 0.05) is 62.8 Å². The number of hydrogen-bond donors (Lipinski definition) is 0. The molecule has 0 spiro atoms. The summed E-state index contributed by atoms with van der Waals surface area (Å²) in [6.07, 6.45) is 7.06. The number of rotatable bonds is 5. The average Bonchev–Trinajstić information content (AvgIpc) is 3.46. The van der Waals surface area contributed by atoms with Crippen molar-refractivity contribution < 1.29 is 9.59 Å². The molecular formula is C22H28N4O2. The minimum atomic E-state index is 0.0446. The van der Waals surface area contributed by atoms with E-state index in [2.05, 4.69) is 4.90 Å². The molecule has 6 heteroatoms. The van der Waals surface area contributed by atoms with E-state index in [1.54, 1.807) is 0 Å². The third-order valence-corrected chi connectivity index (χ3v) is 5.78. The minimum Gasteiger partial charge on any atom is -0.339 e. The van der Waals surface area contributed by atoms with Crippen molar-refractivity contribution in [3.8, 4) is 5.69 Å². The molecule has 0 radical (unpaired) electrons. The molecule has 2 fully saturated rings. The van der Waals surface area contributed by atoms with Crippen LogP contribution in [-0.2, 0) is 4.79 Å². The van der Waals surface area contributed by atoms with Gasteiger partial charge in [-0.3, -0.25) is 9.59 Å². The zero-order chi connectivity index (χ0) is 19.3. The Morgan fingerprint density at radius 1 is 0.786 bits per heavy atom. The first-order chi connectivity index (χ1) is 13.7. The van der Waals surface area contributed by atoms with E-state index in [4.69, 9.17) is 0 Å². The van der Waals surface area contributed by atoms with Crippen molar-refractivity contribution in [3.05, 3.63) is 54.4 Å². The summed E-state index contributed by atoms with van der Waals surface area (Å²) >= 11 is 0. The van der Waals surface area contributed by atoms with Gasteiger partial charge in [-0.05, 0) is 62.3 Å². The van der Waals surface area contributed by atoms with Crippen molar-refractivity contribution in [2.75, 3.05) is 45.8 Å². The molecule has 2 amide bonds. The Labute approximate surface area is 166 Å². The molecule has 1 aromatic heterocycles. The van der Waals surface area contributed by atoms with Crippen LogP contribution in [0.5, 0.6) is 0 Å². The van der Waals surface area contributed by atoms with Crippen molar-refractivity contribution in [3.63, 3.8) is 0 Å². The molecule has 0 unspecified atom stereocenters. The van der Waals surface area contributed by atoms with Gasteiger partial charge in [0.25, 0.3) is 5.91 Å². The van der Waals surface area contributed by atoms with Crippen LogP contribution in [0, 0.1) is 0 Å². The Balaban J connectivity index is 1.27. The topological polar surface area (TPSA) is 48.8 Å². The molecular weight excluding hydrogens is 352 g/mol. The van der Waals surface area contributed by atoms with Gasteiger partial charge in [-0.1, -0.05) is 0 Å². The molecule has 0 bridgehead atoms. The Kier molecular flexibility index (Phi) is 5.76. The second kappa shape index (κ2) is 8.61. The fraction of sp³-hybridized carbons (Fsp3) is 0.455. The highest BCUT2D eigenvalue weighted by atomic mass is 16.2. The lowest BCUT2D eigenvalue weighted by Crippen LogP contribution is -2.51. The fourth-order valence-corrected chi connectivity index (χ4v) is 4.04. The zero-order valence-electron chi connectivity index (χ0n) is 16.3. The monoisotopic (exact) mass is 380 g/mol. The third kappa shape index (κ3) is 4.28. The second-order valence-electron chi connectivity index (χ2n) is 7.61. The van der Waals surface area contributed by atoms with E-state index in [0.717, 1.165) is 25.3 Å². The highest BCUT2D eigenvalue weighted by molar-refractivity contribution is 5.94. The summed E-state index contributed by atoms with van der Waals surface area (Å²) in [5, 5.41) is 0. The van der Waals surface area contributed by atoms with E-state index in [1.807, 2.05) is 63.2 Å². The molecule has 2 aliphatic heterocycles. The maximum absolute atomic E-state index is 12.8. The van der Waals surface area contributed by atoms with Gasteiger partial charge in [-0.2, -0.15) is 0 Å². The van der Waals surface area contributed by atoms with E-state index in [-0.39, 0.29) is 11.8 Å². The standard InChI is InChI=1S/C22H28N4O2/c27-21(9-14-23-10-1-2-11-23)25-15-17-26(18-16-25)22(28)19-5-7-20(8-6-19)24-12-3-4-13-24/h3-8,12-13H,1-2,9-11,14-18H2. The smallest absolute Gasteiger partial charge is 0.253 e. The SMILES string of the molecule is O=C(CCN1CCCC1)N1CCN(C(=O)c2ccc(-n3cccc3)cc2)CC1. The summed E-state index contributed by atoms with van der Waals surface area (Å²) in [6.45, 7) is 5.59. The first-order valence-corrected chi connectivity index (χ1v) is 10.2. The summed E-state index contributed by atoms with van der Waals surface area (Å²) in [5.74, 6) is 0.262. The number of carbonyl (C=O) groups is 2. The number of nitrogens with zero attached hydrogens (tertiary/aromatic N) is 4. The molecule has 0 N–H and O–H groups in total. The van der Waals surface area contributed by atoms with Gasteiger partial charge in [0.15, 0.2) is 0 Å². The number of amides is 2. The van der Waals surface area contributed by atoms with Crippen LogP contribution in [0.4, 0.5) is 0 Å². The number of carbonyl (C=O) groups excluding carboxylic acids is 2. The lowest BCUT2D eigenvalue weighted by molar-refractivity contribution is -0.133. The zero-order valence-corrected chi connectivity index (χ0v) is 16.3. The van der Waals surface area contributed by atoms with E-state index in [0.29, 0.717) is 38.2 Å². The summed E-state index contributed by atoms with van der Waals surface area (Å²) < 4.78 is 2.01. The van der Waals surface area contributed by atoms with Gasteiger partial charge in [0.1, 0.15) is 0 Å². The second-order valence-corrected chi connectivity index (χ2v) is 7.61. The van der Waals surface area contributed by atoms with Crippen LogP contribution in [0.2, 0.25) is 0 Å². The largest absolute Gasteiger partial charge is 0.339 e. The molecule has 2 aromatic rings. The number of piperazine rings is 1. The number of benzene rings is 1. The molecule has 4 rings (SSSR count). The highest BCUT2D eigenvalue weighted by Gasteiger charge is 2.25. The maximum Gasteiger partial charge on any atom is 0.253 e. The fourth-order valence-electron chi connectivity index (χ4n) is 4.04. The number of hydrogen-bond acceptors (Lipinski definition) is 3. The summed E-state index contributed by atoms with van der Waals surface area (Å²) in [4.78, 5) is 31.4. The van der Waals surface area contributed by atoms with Crippen LogP contribution in [0.3, 0.4) is 0 Å². The van der Waals surface area contributed by atoms with Crippen molar-refractivity contribution in [1.29, 1.82) is 0 Å². The van der Waals surface area contributed by atoms with Crippen molar-refractivity contribution in [2.24, 2.45) is 0 Å². The molecule has 0 saturated carbocycles. The van der Waals surface area contributed by atoms with Crippen LogP contribution in [0.15, 0.2) is 48.8 Å². The normalized spacial score (nSPS) is 17.9. The average molecular weight is 380 g/mol. The molecule has 148 valence electrons. The predicted molar refractivity (Wildman–Crippen MR) is 109 cm³/mol. The van der Waals surface area contributed by atoms with Gasteiger partial charge in [-0.15, -0.1) is 0 Å². The third-order valence-electron chi connectivity index (χ3n) is 5.78. The van der Waals surface area contributed by atoms with Crippen LogP contribution in [-0.4, -0.2) is 76.9 Å². The molecule has 0 atom stereocenters. The van der Waals surface area contributed by atoms with Gasteiger partial charge in [0.2, 0.25) is 5.91 Å². The molecule has 2 aliphatic rings. The van der Waals surface area contributed by atoms with Gasteiger partial charge < -0.3 is 19.3 Å². The van der Waals surface area contributed by atoms with Crippen LogP contribution in [0.1, 0.15) is 29.6 Å².